The molecule has 2 aliphatic heterocycles. The minimum atomic E-state index is 0.230. The summed E-state index contributed by atoms with van der Waals surface area (Å²) in [5, 5.41) is 3.51. The molecule has 2 saturated heterocycles. The Morgan fingerprint density at radius 3 is 2.77 bits per heavy atom. The Morgan fingerprint density at radius 2 is 2.04 bits per heavy atom. The summed E-state index contributed by atoms with van der Waals surface area (Å²) in [5.74, 6) is 1.16. The lowest BCUT2D eigenvalue weighted by atomic mass is 9.70. The predicted octanol–water partition coefficient (Wildman–Crippen LogP) is 4.53. The van der Waals surface area contributed by atoms with Crippen LogP contribution in [0.3, 0.4) is 0 Å². The van der Waals surface area contributed by atoms with Gasteiger partial charge in [0.1, 0.15) is 0 Å². The normalized spacial score (nSPS) is 29.8. The fourth-order valence-electron chi connectivity index (χ4n) is 4.59. The number of aryl methyl sites for hydroxylation is 3. The molecule has 136 valence electrons. The van der Waals surface area contributed by atoms with Gasteiger partial charge in [0.2, 0.25) is 0 Å². The molecular formula is C22H27N3O. The molecule has 0 aliphatic carbocycles. The third-order valence-electron chi connectivity index (χ3n) is 5.99. The van der Waals surface area contributed by atoms with E-state index in [0.717, 1.165) is 29.2 Å². The average Bonchev–Trinajstić information content (AvgIpc) is 3.15. The van der Waals surface area contributed by atoms with Crippen molar-refractivity contribution in [1.82, 2.24) is 9.97 Å². The van der Waals surface area contributed by atoms with E-state index in [1.54, 1.807) is 0 Å². The van der Waals surface area contributed by atoms with Gasteiger partial charge in [-0.15, -0.1) is 0 Å². The van der Waals surface area contributed by atoms with Crippen molar-refractivity contribution in [3.8, 4) is 0 Å². The summed E-state index contributed by atoms with van der Waals surface area (Å²) in [5.41, 5.74) is 6.62. The molecule has 2 bridgehead atoms. The summed E-state index contributed by atoms with van der Waals surface area (Å²) < 4.78 is 6.37. The van der Waals surface area contributed by atoms with Crippen LogP contribution in [-0.4, -0.2) is 22.2 Å². The van der Waals surface area contributed by atoms with Gasteiger partial charge in [0.15, 0.2) is 0 Å². The summed E-state index contributed by atoms with van der Waals surface area (Å²) in [6.45, 7) is 12.8. The first-order valence-corrected chi connectivity index (χ1v) is 9.41. The van der Waals surface area contributed by atoms with Crippen molar-refractivity contribution in [1.29, 1.82) is 0 Å². The molecule has 5 atom stereocenters. The molecule has 0 aromatic carbocycles. The van der Waals surface area contributed by atoms with E-state index in [1.807, 2.05) is 26.2 Å². The minimum absolute atomic E-state index is 0.230. The summed E-state index contributed by atoms with van der Waals surface area (Å²) in [7, 11) is 0. The van der Waals surface area contributed by atoms with Gasteiger partial charge in [0, 0.05) is 35.1 Å². The van der Waals surface area contributed by atoms with Crippen molar-refractivity contribution in [3.05, 3.63) is 65.4 Å². The minimum Gasteiger partial charge on any atom is -0.373 e. The SMILES string of the molecule is C=C(Nc1cnc(C)c(C)c1)C1C2CC(C)C(O2)C1c1ccnc(C)c1. The van der Waals surface area contributed by atoms with Crippen LogP contribution in [0.1, 0.15) is 41.8 Å². The zero-order valence-corrected chi connectivity index (χ0v) is 16.0. The smallest absolute Gasteiger partial charge is 0.0681 e. The molecular weight excluding hydrogens is 322 g/mol. The Hall–Kier alpha value is -2.20. The van der Waals surface area contributed by atoms with Crippen LogP contribution < -0.4 is 5.32 Å². The zero-order chi connectivity index (χ0) is 18.4. The van der Waals surface area contributed by atoms with Crippen molar-refractivity contribution in [2.45, 2.75) is 52.2 Å². The molecule has 5 unspecified atom stereocenters. The van der Waals surface area contributed by atoms with E-state index in [0.29, 0.717) is 11.8 Å². The fraction of sp³-hybridized carbons (Fsp3) is 0.455. The molecule has 2 aromatic heterocycles. The average molecular weight is 349 g/mol. The maximum Gasteiger partial charge on any atom is 0.0681 e. The second-order valence-corrected chi connectivity index (χ2v) is 7.91. The number of nitrogens with one attached hydrogen (secondary N) is 1. The number of aromatic nitrogens is 2. The molecule has 26 heavy (non-hydrogen) atoms. The van der Waals surface area contributed by atoms with Crippen LogP contribution in [0.25, 0.3) is 0 Å². The van der Waals surface area contributed by atoms with E-state index in [1.165, 1.54) is 11.1 Å². The highest BCUT2D eigenvalue weighted by Gasteiger charge is 2.54. The van der Waals surface area contributed by atoms with E-state index >= 15 is 0 Å². The highest BCUT2D eigenvalue weighted by molar-refractivity contribution is 5.50. The third-order valence-corrected chi connectivity index (χ3v) is 5.99. The van der Waals surface area contributed by atoms with Crippen molar-refractivity contribution in [2.24, 2.45) is 11.8 Å². The number of nitrogens with zero attached hydrogens (tertiary/aromatic N) is 2. The summed E-state index contributed by atoms with van der Waals surface area (Å²) in [4.78, 5) is 8.82. The molecule has 0 spiro atoms. The van der Waals surface area contributed by atoms with Crippen molar-refractivity contribution in [3.63, 3.8) is 0 Å². The maximum absolute atomic E-state index is 6.37. The summed E-state index contributed by atoms with van der Waals surface area (Å²) in [6, 6.07) is 6.46. The fourth-order valence-corrected chi connectivity index (χ4v) is 4.59. The summed E-state index contributed by atoms with van der Waals surface area (Å²) in [6.07, 6.45) is 5.37. The second-order valence-electron chi connectivity index (χ2n) is 7.91. The molecule has 2 aliphatic rings. The molecule has 2 fully saturated rings. The first-order valence-electron chi connectivity index (χ1n) is 9.41. The van der Waals surface area contributed by atoms with E-state index in [2.05, 4.69) is 53.9 Å². The first kappa shape index (κ1) is 17.2. The third kappa shape index (κ3) is 2.92. The van der Waals surface area contributed by atoms with Crippen LogP contribution in [0.2, 0.25) is 0 Å². The number of pyridine rings is 2. The maximum atomic E-state index is 6.37. The standard InChI is InChI=1S/C22H27N3O/c1-12-8-18(11-24-15(12)4)25-16(5)20-19-9-13(2)22(26-19)21(20)17-6-7-23-14(3)10-17/h6-8,10-11,13,19-22,25H,5,9H2,1-4H3. The van der Waals surface area contributed by atoms with Gasteiger partial charge >= 0.3 is 0 Å². The Balaban J connectivity index is 1.62. The van der Waals surface area contributed by atoms with Crippen LogP contribution in [0.5, 0.6) is 0 Å². The number of hydrogen-bond donors (Lipinski definition) is 1. The van der Waals surface area contributed by atoms with Gasteiger partial charge in [-0.3, -0.25) is 9.97 Å². The van der Waals surface area contributed by atoms with Gasteiger partial charge in [-0.1, -0.05) is 13.5 Å². The van der Waals surface area contributed by atoms with Crippen LogP contribution in [0, 0.1) is 32.6 Å². The van der Waals surface area contributed by atoms with Gasteiger partial charge in [-0.05, 0) is 62.4 Å². The van der Waals surface area contributed by atoms with Crippen molar-refractivity contribution in [2.75, 3.05) is 5.32 Å². The number of anilines is 1. The van der Waals surface area contributed by atoms with Crippen LogP contribution in [-0.2, 0) is 4.74 Å². The van der Waals surface area contributed by atoms with Gasteiger partial charge in [-0.25, -0.2) is 0 Å². The second kappa shape index (κ2) is 6.51. The molecule has 0 saturated carbocycles. The lowest BCUT2D eigenvalue weighted by Gasteiger charge is -2.33. The molecule has 4 rings (SSSR count). The van der Waals surface area contributed by atoms with Gasteiger partial charge in [0.25, 0.3) is 0 Å². The zero-order valence-electron chi connectivity index (χ0n) is 16.0. The van der Waals surface area contributed by atoms with Crippen molar-refractivity contribution < 1.29 is 4.74 Å². The van der Waals surface area contributed by atoms with Crippen molar-refractivity contribution >= 4 is 5.69 Å². The molecule has 0 amide bonds. The van der Waals surface area contributed by atoms with Gasteiger partial charge < -0.3 is 10.1 Å². The van der Waals surface area contributed by atoms with Crippen LogP contribution in [0.15, 0.2) is 42.9 Å². The predicted molar refractivity (Wildman–Crippen MR) is 104 cm³/mol. The van der Waals surface area contributed by atoms with Gasteiger partial charge in [-0.2, -0.15) is 0 Å². The lowest BCUT2D eigenvalue weighted by Crippen LogP contribution is -2.33. The number of hydrogen-bond acceptors (Lipinski definition) is 4. The summed E-state index contributed by atoms with van der Waals surface area (Å²) >= 11 is 0. The Kier molecular flexibility index (Phi) is 4.31. The molecule has 2 aromatic rings. The number of ether oxygens (including phenoxy) is 1. The van der Waals surface area contributed by atoms with Crippen LogP contribution >= 0.6 is 0 Å². The molecule has 1 N–H and O–H groups in total. The molecule has 4 heterocycles. The highest BCUT2D eigenvalue weighted by Crippen LogP contribution is 2.53. The number of fused-ring (bicyclic) bond motifs is 2. The molecule has 4 nitrogen and oxygen atoms in total. The molecule has 4 heteroatoms. The van der Waals surface area contributed by atoms with E-state index < -0.39 is 0 Å². The largest absolute Gasteiger partial charge is 0.373 e. The lowest BCUT2D eigenvalue weighted by molar-refractivity contribution is 0.0855. The van der Waals surface area contributed by atoms with E-state index in [9.17, 15) is 0 Å². The Bertz CT molecular complexity index is 847. The Labute approximate surface area is 155 Å². The quantitative estimate of drug-likeness (QED) is 0.881. The van der Waals surface area contributed by atoms with E-state index in [4.69, 9.17) is 4.74 Å². The van der Waals surface area contributed by atoms with E-state index in [-0.39, 0.29) is 18.1 Å². The molecule has 0 radical (unpaired) electrons. The topological polar surface area (TPSA) is 47.0 Å². The Morgan fingerprint density at radius 1 is 1.23 bits per heavy atom. The van der Waals surface area contributed by atoms with Crippen LogP contribution in [0.4, 0.5) is 5.69 Å². The monoisotopic (exact) mass is 349 g/mol. The first-order chi connectivity index (χ1) is 12.4. The highest BCUT2D eigenvalue weighted by atomic mass is 16.5. The number of rotatable bonds is 4. The van der Waals surface area contributed by atoms with Gasteiger partial charge in [0.05, 0.1) is 24.1 Å².